The highest BCUT2D eigenvalue weighted by Crippen LogP contribution is 2.29. The Morgan fingerprint density at radius 2 is 1.53 bits per heavy atom. The van der Waals surface area contributed by atoms with Crippen LogP contribution in [0.15, 0.2) is 18.2 Å². The van der Waals surface area contributed by atoms with E-state index in [0.717, 1.165) is 44.1 Å². The maximum atomic E-state index is 11.9. The lowest BCUT2D eigenvalue weighted by atomic mass is 10.0. The van der Waals surface area contributed by atoms with Crippen LogP contribution in [0.2, 0.25) is 0 Å². The molecule has 0 heterocycles. The van der Waals surface area contributed by atoms with Gasteiger partial charge in [-0.15, -0.1) is 0 Å². The molecule has 0 fully saturated rings. The zero-order valence-electron chi connectivity index (χ0n) is 11.1. The molecule has 1 aromatic carbocycles. The maximum absolute atomic E-state index is 11.9. The molecule has 0 saturated heterocycles. The lowest BCUT2D eigenvalue weighted by Gasteiger charge is -2.06. The van der Waals surface area contributed by atoms with Gasteiger partial charge < -0.3 is 10.2 Å². The SMILES string of the molecule is Oc1cccc(CCCCCCCCC(F)F)c1O. The second-order valence-corrected chi connectivity index (χ2v) is 4.84. The highest BCUT2D eigenvalue weighted by Gasteiger charge is 2.05. The van der Waals surface area contributed by atoms with Crippen LogP contribution in [-0.2, 0) is 6.42 Å². The number of unbranched alkanes of at least 4 members (excludes halogenated alkanes) is 5. The molecular weight excluding hydrogens is 250 g/mol. The van der Waals surface area contributed by atoms with E-state index in [9.17, 15) is 19.0 Å². The van der Waals surface area contributed by atoms with E-state index in [-0.39, 0.29) is 17.9 Å². The number of halogens is 2. The van der Waals surface area contributed by atoms with Crippen LogP contribution in [0.1, 0.15) is 50.5 Å². The zero-order chi connectivity index (χ0) is 14.1. The van der Waals surface area contributed by atoms with Gasteiger partial charge in [-0.05, 0) is 30.9 Å². The third-order valence-electron chi connectivity index (χ3n) is 3.22. The van der Waals surface area contributed by atoms with Crippen LogP contribution in [0.5, 0.6) is 11.5 Å². The van der Waals surface area contributed by atoms with Crippen molar-refractivity contribution in [1.82, 2.24) is 0 Å². The van der Waals surface area contributed by atoms with E-state index in [1.54, 1.807) is 12.1 Å². The van der Waals surface area contributed by atoms with Crippen LogP contribution in [0.3, 0.4) is 0 Å². The van der Waals surface area contributed by atoms with Crippen molar-refractivity contribution in [3.05, 3.63) is 23.8 Å². The van der Waals surface area contributed by atoms with Gasteiger partial charge in [-0.25, -0.2) is 8.78 Å². The topological polar surface area (TPSA) is 40.5 Å². The molecule has 0 amide bonds. The van der Waals surface area contributed by atoms with Crippen molar-refractivity contribution < 1.29 is 19.0 Å². The standard InChI is InChI=1S/C15H22F2O2/c16-14(17)11-6-4-2-1-3-5-8-12-9-7-10-13(18)15(12)19/h7,9-10,14,18-19H,1-6,8,11H2. The number of phenols is 2. The van der Waals surface area contributed by atoms with Crippen LogP contribution in [-0.4, -0.2) is 16.6 Å². The van der Waals surface area contributed by atoms with Gasteiger partial charge in [-0.2, -0.15) is 0 Å². The van der Waals surface area contributed by atoms with Crippen molar-refractivity contribution in [1.29, 1.82) is 0 Å². The molecule has 1 aromatic rings. The molecule has 0 aliphatic rings. The molecule has 2 nitrogen and oxygen atoms in total. The first kappa shape index (κ1) is 15.7. The van der Waals surface area contributed by atoms with Crippen LogP contribution >= 0.6 is 0 Å². The number of para-hydroxylation sites is 1. The van der Waals surface area contributed by atoms with E-state index < -0.39 is 6.43 Å². The fraction of sp³-hybridized carbons (Fsp3) is 0.600. The summed E-state index contributed by atoms with van der Waals surface area (Å²) in [4.78, 5) is 0. The summed E-state index contributed by atoms with van der Waals surface area (Å²) in [5, 5.41) is 18.9. The van der Waals surface area contributed by atoms with Crippen molar-refractivity contribution >= 4 is 0 Å². The molecule has 0 saturated carbocycles. The van der Waals surface area contributed by atoms with Crippen molar-refractivity contribution in [2.75, 3.05) is 0 Å². The fourth-order valence-electron chi connectivity index (χ4n) is 2.10. The number of rotatable bonds is 9. The second-order valence-electron chi connectivity index (χ2n) is 4.84. The molecule has 0 unspecified atom stereocenters. The van der Waals surface area contributed by atoms with Crippen LogP contribution < -0.4 is 0 Å². The van der Waals surface area contributed by atoms with E-state index in [2.05, 4.69) is 0 Å². The van der Waals surface area contributed by atoms with Gasteiger partial charge in [0.25, 0.3) is 0 Å². The van der Waals surface area contributed by atoms with E-state index in [1.807, 2.05) is 0 Å². The van der Waals surface area contributed by atoms with Crippen LogP contribution in [0.25, 0.3) is 0 Å². The minimum absolute atomic E-state index is 0.0111. The monoisotopic (exact) mass is 272 g/mol. The molecule has 1 rings (SSSR count). The van der Waals surface area contributed by atoms with Crippen LogP contribution in [0.4, 0.5) is 8.78 Å². The van der Waals surface area contributed by atoms with E-state index in [1.165, 1.54) is 6.07 Å². The molecule has 0 atom stereocenters. The van der Waals surface area contributed by atoms with Gasteiger partial charge in [-0.1, -0.05) is 37.8 Å². The van der Waals surface area contributed by atoms with Crippen LogP contribution in [0, 0.1) is 0 Å². The van der Waals surface area contributed by atoms with Crippen molar-refractivity contribution in [3.8, 4) is 11.5 Å². The summed E-state index contributed by atoms with van der Waals surface area (Å²) in [5.41, 5.74) is 0.762. The Morgan fingerprint density at radius 3 is 2.21 bits per heavy atom. The summed E-state index contributed by atoms with van der Waals surface area (Å²) in [6.07, 6.45) is 4.01. The molecule has 4 heteroatoms. The predicted molar refractivity (Wildman–Crippen MR) is 71.8 cm³/mol. The minimum Gasteiger partial charge on any atom is -0.504 e. The average molecular weight is 272 g/mol. The number of hydrogen-bond donors (Lipinski definition) is 2. The number of hydrogen-bond acceptors (Lipinski definition) is 2. The molecule has 0 aliphatic carbocycles. The molecule has 0 aliphatic heterocycles. The Bertz CT molecular complexity index is 367. The molecule has 2 N–H and O–H groups in total. The smallest absolute Gasteiger partial charge is 0.238 e. The van der Waals surface area contributed by atoms with Gasteiger partial charge in [0, 0.05) is 6.42 Å². The first-order chi connectivity index (χ1) is 9.11. The summed E-state index contributed by atoms with van der Waals surface area (Å²) < 4.78 is 23.8. The Labute approximate surface area is 113 Å². The molecule has 19 heavy (non-hydrogen) atoms. The van der Waals surface area contributed by atoms with E-state index in [4.69, 9.17) is 0 Å². The normalized spacial score (nSPS) is 11.1. The summed E-state index contributed by atoms with van der Waals surface area (Å²) >= 11 is 0. The predicted octanol–water partition coefficient (Wildman–Crippen LogP) is 4.64. The molecule has 108 valence electrons. The molecular formula is C15H22F2O2. The fourth-order valence-corrected chi connectivity index (χ4v) is 2.10. The highest BCUT2D eigenvalue weighted by molar-refractivity contribution is 5.44. The lowest BCUT2D eigenvalue weighted by Crippen LogP contribution is -1.90. The number of benzene rings is 1. The Balaban J connectivity index is 2.06. The number of aryl methyl sites for hydroxylation is 1. The summed E-state index contributed by atoms with van der Waals surface area (Å²) in [6, 6.07) is 4.98. The number of aromatic hydroxyl groups is 2. The summed E-state index contributed by atoms with van der Waals surface area (Å²) in [6.45, 7) is 0. The van der Waals surface area contributed by atoms with Gasteiger partial charge in [0.2, 0.25) is 6.43 Å². The van der Waals surface area contributed by atoms with Gasteiger partial charge in [-0.3, -0.25) is 0 Å². The van der Waals surface area contributed by atoms with Crippen molar-refractivity contribution in [2.24, 2.45) is 0 Å². The first-order valence-corrected chi connectivity index (χ1v) is 6.89. The van der Waals surface area contributed by atoms with E-state index >= 15 is 0 Å². The zero-order valence-corrected chi connectivity index (χ0v) is 11.1. The molecule has 0 spiro atoms. The van der Waals surface area contributed by atoms with Crippen molar-refractivity contribution in [2.45, 2.75) is 57.8 Å². The van der Waals surface area contributed by atoms with Crippen molar-refractivity contribution in [3.63, 3.8) is 0 Å². The molecule has 0 aromatic heterocycles. The lowest BCUT2D eigenvalue weighted by molar-refractivity contribution is 0.133. The third-order valence-corrected chi connectivity index (χ3v) is 3.22. The first-order valence-electron chi connectivity index (χ1n) is 6.89. The second kappa shape index (κ2) is 8.73. The quantitative estimate of drug-likeness (QED) is 0.508. The number of alkyl halides is 2. The largest absolute Gasteiger partial charge is 0.504 e. The highest BCUT2D eigenvalue weighted by atomic mass is 19.3. The van der Waals surface area contributed by atoms with Gasteiger partial charge >= 0.3 is 0 Å². The summed E-state index contributed by atoms with van der Waals surface area (Å²) in [7, 11) is 0. The van der Waals surface area contributed by atoms with Gasteiger partial charge in [0.15, 0.2) is 11.5 Å². The maximum Gasteiger partial charge on any atom is 0.238 e. The minimum atomic E-state index is -2.17. The number of phenolic OH excluding ortho intramolecular Hbond substituents is 2. The average Bonchev–Trinajstić information content (AvgIpc) is 2.37. The Morgan fingerprint density at radius 1 is 0.895 bits per heavy atom. The molecule has 0 radical (unpaired) electrons. The summed E-state index contributed by atoms with van der Waals surface area (Å²) in [5.74, 6) is -0.107. The van der Waals surface area contributed by atoms with Gasteiger partial charge in [0.05, 0.1) is 0 Å². The Hall–Kier alpha value is -1.32. The molecule has 0 bridgehead atoms. The van der Waals surface area contributed by atoms with E-state index in [0.29, 0.717) is 6.42 Å². The third kappa shape index (κ3) is 6.41. The Kier molecular flexibility index (Phi) is 7.23. The van der Waals surface area contributed by atoms with Gasteiger partial charge in [0.1, 0.15) is 0 Å².